The van der Waals surface area contributed by atoms with Crippen molar-refractivity contribution in [1.82, 2.24) is 9.88 Å². The number of pyridine rings is 1. The molecule has 6 heteroatoms. The van der Waals surface area contributed by atoms with E-state index in [-0.39, 0.29) is 0 Å². The molecule has 1 N–H and O–H groups in total. The zero-order valence-electron chi connectivity index (χ0n) is 14.6. The van der Waals surface area contributed by atoms with E-state index < -0.39 is 0 Å². The van der Waals surface area contributed by atoms with Crippen LogP contribution >= 0.6 is 0 Å². The molecule has 1 aliphatic heterocycles. The van der Waals surface area contributed by atoms with Gasteiger partial charge >= 0.3 is 0 Å². The number of fused-ring (bicyclic) bond motifs is 1. The van der Waals surface area contributed by atoms with Crippen LogP contribution in [0.2, 0.25) is 0 Å². The van der Waals surface area contributed by atoms with Crippen LogP contribution < -0.4 is 14.8 Å². The standard InChI is InChI=1S/C19H22N4O2/c1-24-17-9-15-5-7-23(13-16(15)10-18(17)25-2)8-6-21-19-4-3-14(11-20)12-22-19/h3-4,9-10,12H,5-8,13H2,1-2H3,(H,21,22). The molecule has 0 atom stereocenters. The number of ether oxygens (including phenoxy) is 2. The van der Waals surface area contributed by atoms with Crippen LogP contribution in [-0.2, 0) is 13.0 Å². The van der Waals surface area contributed by atoms with Crippen molar-refractivity contribution in [3.05, 3.63) is 47.2 Å². The maximum atomic E-state index is 8.79. The van der Waals surface area contributed by atoms with Crippen LogP contribution in [0.5, 0.6) is 11.5 Å². The van der Waals surface area contributed by atoms with Crippen molar-refractivity contribution in [2.75, 3.05) is 39.2 Å². The van der Waals surface area contributed by atoms with Gasteiger partial charge in [0, 0.05) is 32.4 Å². The maximum absolute atomic E-state index is 8.79. The van der Waals surface area contributed by atoms with E-state index in [1.54, 1.807) is 26.5 Å². The summed E-state index contributed by atoms with van der Waals surface area (Å²) in [4.78, 5) is 6.63. The van der Waals surface area contributed by atoms with Crippen LogP contribution in [0.25, 0.3) is 0 Å². The first-order chi connectivity index (χ1) is 12.2. The number of hydrogen-bond donors (Lipinski definition) is 1. The van der Waals surface area contributed by atoms with E-state index in [9.17, 15) is 0 Å². The number of hydrogen-bond acceptors (Lipinski definition) is 6. The van der Waals surface area contributed by atoms with Gasteiger partial charge < -0.3 is 14.8 Å². The molecule has 3 rings (SSSR count). The van der Waals surface area contributed by atoms with Gasteiger partial charge in [0.25, 0.3) is 0 Å². The Morgan fingerprint density at radius 1 is 1.20 bits per heavy atom. The average Bonchev–Trinajstić information content (AvgIpc) is 2.67. The molecule has 0 saturated carbocycles. The van der Waals surface area contributed by atoms with Crippen molar-refractivity contribution in [1.29, 1.82) is 5.26 Å². The summed E-state index contributed by atoms with van der Waals surface area (Å²) in [6.45, 7) is 3.65. The SMILES string of the molecule is COc1cc2c(cc1OC)CN(CCNc1ccc(C#N)cn1)CC2. The highest BCUT2D eigenvalue weighted by atomic mass is 16.5. The fraction of sp³-hybridized carbons (Fsp3) is 0.368. The summed E-state index contributed by atoms with van der Waals surface area (Å²) in [7, 11) is 3.33. The number of aromatic nitrogens is 1. The molecule has 0 bridgehead atoms. The second-order valence-electron chi connectivity index (χ2n) is 5.97. The minimum absolute atomic E-state index is 0.572. The van der Waals surface area contributed by atoms with Crippen molar-refractivity contribution in [2.45, 2.75) is 13.0 Å². The quantitative estimate of drug-likeness (QED) is 0.872. The lowest BCUT2D eigenvalue weighted by atomic mass is 9.99. The third kappa shape index (κ3) is 4.01. The first-order valence-corrected chi connectivity index (χ1v) is 8.29. The lowest BCUT2D eigenvalue weighted by molar-refractivity contribution is 0.262. The van der Waals surface area contributed by atoms with Crippen LogP contribution in [0.4, 0.5) is 5.82 Å². The molecule has 2 heterocycles. The molecule has 0 unspecified atom stereocenters. The van der Waals surface area contributed by atoms with Gasteiger partial charge in [-0.15, -0.1) is 0 Å². The Morgan fingerprint density at radius 2 is 1.96 bits per heavy atom. The van der Waals surface area contributed by atoms with E-state index in [0.29, 0.717) is 5.56 Å². The van der Waals surface area contributed by atoms with Gasteiger partial charge in [0.1, 0.15) is 11.9 Å². The Kier molecular flexibility index (Phi) is 5.36. The molecule has 0 radical (unpaired) electrons. The Labute approximate surface area is 148 Å². The van der Waals surface area contributed by atoms with E-state index >= 15 is 0 Å². The molecule has 6 nitrogen and oxygen atoms in total. The Morgan fingerprint density at radius 3 is 2.60 bits per heavy atom. The summed E-state index contributed by atoms with van der Waals surface area (Å²) in [6.07, 6.45) is 2.59. The van der Waals surface area contributed by atoms with Gasteiger partial charge in [-0.25, -0.2) is 4.98 Å². The van der Waals surface area contributed by atoms with Crippen molar-refractivity contribution in [2.24, 2.45) is 0 Å². The van der Waals surface area contributed by atoms with Gasteiger partial charge in [0.2, 0.25) is 0 Å². The largest absolute Gasteiger partial charge is 0.493 e. The first kappa shape index (κ1) is 17.1. The van der Waals surface area contributed by atoms with Crippen LogP contribution in [0.1, 0.15) is 16.7 Å². The number of anilines is 1. The summed E-state index contributed by atoms with van der Waals surface area (Å²) in [5, 5.41) is 12.1. The van der Waals surface area contributed by atoms with Gasteiger partial charge in [-0.05, 0) is 41.8 Å². The van der Waals surface area contributed by atoms with E-state index in [1.165, 1.54) is 11.1 Å². The normalized spacial score (nSPS) is 13.6. The number of benzene rings is 1. The Balaban J connectivity index is 1.56. The van der Waals surface area contributed by atoms with Crippen LogP contribution in [0.3, 0.4) is 0 Å². The Hall–Kier alpha value is -2.78. The lowest BCUT2D eigenvalue weighted by Gasteiger charge is -2.29. The highest BCUT2D eigenvalue weighted by molar-refractivity contribution is 5.48. The number of methoxy groups -OCH3 is 2. The third-order valence-electron chi connectivity index (χ3n) is 4.42. The molecule has 0 spiro atoms. The summed E-state index contributed by atoms with van der Waals surface area (Å²) in [5.41, 5.74) is 3.19. The van der Waals surface area contributed by atoms with E-state index in [0.717, 1.165) is 49.9 Å². The molecule has 0 aliphatic carbocycles. The molecule has 1 aromatic carbocycles. The topological polar surface area (TPSA) is 70.4 Å². The highest BCUT2D eigenvalue weighted by Gasteiger charge is 2.19. The predicted molar refractivity (Wildman–Crippen MR) is 96.0 cm³/mol. The minimum atomic E-state index is 0.572. The molecule has 25 heavy (non-hydrogen) atoms. The summed E-state index contributed by atoms with van der Waals surface area (Å²) in [6, 6.07) is 9.84. The van der Waals surface area contributed by atoms with Crippen molar-refractivity contribution in [3.63, 3.8) is 0 Å². The van der Waals surface area contributed by atoms with Crippen LogP contribution in [0.15, 0.2) is 30.5 Å². The van der Waals surface area contributed by atoms with Gasteiger partial charge in [-0.2, -0.15) is 5.26 Å². The molecular formula is C19H22N4O2. The van der Waals surface area contributed by atoms with Crippen LogP contribution in [-0.4, -0.2) is 43.7 Å². The van der Waals surface area contributed by atoms with Gasteiger partial charge in [0.15, 0.2) is 11.5 Å². The molecule has 2 aromatic rings. The van der Waals surface area contributed by atoms with Gasteiger partial charge in [-0.3, -0.25) is 4.90 Å². The van der Waals surface area contributed by atoms with Crippen molar-refractivity contribution >= 4 is 5.82 Å². The Bertz CT molecular complexity index is 768. The number of nitrogens with zero attached hydrogens (tertiary/aromatic N) is 3. The minimum Gasteiger partial charge on any atom is -0.493 e. The second kappa shape index (κ2) is 7.86. The molecule has 1 aromatic heterocycles. The predicted octanol–water partition coefficient (Wildman–Crippen LogP) is 2.44. The van der Waals surface area contributed by atoms with Crippen molar-refractivity contribution in [3.8, 4) is 17.6 Å². The van der Waals surface area contributed by atoms with Gasteiger partial charge in [-0.1, -0.05) is 0 Å². The number of rotatable bonds is 6. The molecular weight excluding hydrogens is 316 g/mol. The molecule has 0 fully saturated rings. The van der Waals surface area contributed by atoms with E-state index in [4.69, 9.17) is 14.7 Å². The number of nitriles is 1. The molecule has 130 valence electrons. The van der Waals surface area contributed by atoms with E-state index in [1.807, 2.05) is 6.07 Å². The summed E-state index contributed by atoms with van der Waals surface area (Å²) < 4.78 is 10.8. The second-order valence-corrected chi connectivity index (χ2v) is 5.97. The maximum Gasteiger partial charge on any atom is 0.161 e. The molecule has 0 amide bonds. The molecule has 1 aliphatic rings. The van der Waals surface area contributed by atoms with Gasteiger partial charge in [0.05, 0.1) is 19.8 Å². The zero-order valence-corrected chi connectivity index (χ0v) is 14.6. The summed E-state index contributed by atoms with van der Waals surface area (Å²) >= 11 is 0. The fourth-order valence-corrected chi connectivity index (χ4v) is 3.04. The van der Waals surface area contributed by atoms with E-state index in [2.05, 4.69) is 33.4 Å². The number of nitrogens with one attached hydrogen (secondary N) is 1. The third-order valence-corrected chi connectivity index (χ3v) is 4.42. The van der Waals surface area contributed by atoms with Crippen LogP contribution in [0, 0.1) is 11.3 Å². The zero-order chi connectivity index (χ0) is 17.6. The van der Waals surface area contributed by atoms with Crippen molar-refractivity contribution < 1.29 is 9.47 Å². The fourth-order valence-electron chi connectivity index (χ4n) is 3.04. The molecule has 0 saturated heterocycles. The smallest absolute Gasteiger partial charge is 0.161 e. The lowest BCUT2D eigenvalue weighted by Crippen LogP contribution is -2.34. The first-order valence-electron chi connectivity index (χ1n) is 8.29. The highest BCUT2D eigenvalue weighted by Crippen LogP contribution is 2.33. The monoisotopic (exact) mass is 338 g/mol. The average molecular weight is 338 g/mol. The summed E-state index contributed by atoms with van der Waals surface area (Å²) in [5.74, 6) is 2.37.